The van der Waals surface area contributed by atoms with Crippen LogP contribution in [0.4, 0.5) is 10.2 Å². The molecule has 8 heteroatoms. The third kappa shape index (κ3) is 4.07. The molecule has 2 aromatic carbocycles. The summed E-state index contributed by atoms with van der Waals surface area (Å²) in [5.41, 5.74) is 1.78. The zero-order valence-corrected chi connectivity index (χ0v) is 16.2. The molecule has 152 valence electrons. The molecule has 0 aliphatic carbocycles. The molecule has 1 aliphatic rings. The van der Waals surface area contributed by atoms with Crippen molar-refractivity contribution in [2.75, 3.05) is 31.1 Å². The number of nitrogens with one attached hydrogen (secondary N) is 1. The second-order valence-corrected chi connectivity index (χ2v) is 6.92. The van der Waals surface area contributed by atoms with Crippen LogP contribution in [0.25, 0.3) is 11.0 Å². The Morgan fingerprint density at radius 2 is 1.80 bits per heavy atom. The number of carbonyl (C=O) groups excluding carboxylic acids is 1. The number of aromatic nitrogens is 2. The predicted octanol–water partition coefficient (Wildman–Crippen LogP) is 2.53. The number of nitriles is 1. The maximum absolute atomic E-state index is 13.8. The first-order valence-corrected chi connectivity index (χ1v) is 9.69. The fourth-order valence-electron chi connectivity index (χ4n) is 3.38. The molecular weight excluding hydrogens is 385 g/mol. The molecule has 3 aromatic rings. The molecule has 0 amide bonds. The summed E-state index contributed by atoms with van der Waals surface area (Å²) in [4.78, 5) is 24.1. The lowest BCUT2D eigenvalue weighted by molar-refractivity contribution is -0.145. The van der Waals surface area contributed by atoms with Gasteiger partial charge in [0.1, 0.15) is 18.1 Å². The zero-order chi connectivity index (χ0) is 20.9. The summed E-state index contributed by atoms with van der Waals surface area (Å²) in [6.45, 7) is 2.64. The summed E-state index contributed by atoms with van der Waals surface area (Å²) < 4.78 is 19.1. The van der Waals surface area contributed by atoms with Gasteiger partial charge in [0.05, 0.1) is 17.1 Å². The maximum atomic E-state index is 13.8. The summed E-state index contributed by atoms with van der Waals surface area (Å²) in [6, 6.07) is 15.4. The van der Waals surface area contributed by atoms with E-state index in [2.05, 4.69) is 10.3 Å². The molecular formula is C22H20FN5O2. The van der Waals surface area contributed by atoms with Gasteiger partial charge < -0.3 is 15.0 Å². The number of carbonyl (C=O) groups is 1. The molecule has 7 nitrogen and oxygen atoms in total. The van der Waals surface area contributed by atoms with Crippen molar-refractivity contribution in [3.63, 3.8) is 0 Å². The van der Waals surface area contributed by atoms with Gasteiger partial charge in [-0.2, -0.15) is 5.26 Å². The Labute approximate surface area is 173 Å². The molecule has 0 bridgehead atoms. The fraction of sp³-hybridized carbons (Fsp3) is 0.273. The largest absolute Gasteiger partial charge is 0.459 e. The molecule has 1 aromatic heterocycles. The summed E-state index contributed by atoms with van der Waals surface area (Å²) in [7, 11) is 0. The average Bonchev–Trinajstić information content (AvgIpc) is 2.79. The highest BCUT2D eigenvalue weighted by Crippen LogP contribution is 2.28. The van der Waals surface area contributed by atoms with Gasteiger partial charge in [-0.15, -0.1) is 0 Å². The van der Waals surface area contributed by atoms with E-state index < -0.39 is 17.7 Å². The number of rotatable bonds is 5. The average molecular weight is 405 g/mol. The fourth-order valence-corrected chi connectivity index (χ4v) is 3.38. The Bertz CT molecular complexity index is 1110. The minimum Gasteiger partial charge on any atom is -0.459 e. The number of benzene rings is 2. The number of hydrogen-bond donors (Lipinski definition) is 1. The van der Waals surface area contributed by atoms with Gasteiger partial charge in [-0.1, -0.05) is 30.3 Å². The Balaban J connectivity index is 1.67. The lowest BCUT2D eigenvalue weighted by Gasteiger charge is -2.30. The van der Waals surface area contributed by atoms with Gasteiger partial charge in [-0.25, -0.2) is 14.4 Å². The van der Waals surface area contributed by atoms with E-state index in [0.717, 1.165) is 13.1 Å². The third-order valence-electron chi connectivity index (χ3n) is 4.96. The van der Waals surface area contributed by atoms with Gasteiger partial charge in [0.2, 0.25) is 0 Å². The van der Waals surface area contributed by atoms with E-state index >= 15 is 0 Å². The lowest BCUT2D eigenvalue weighted by atomic mass is 10.1. The van der Waals surface area contributed by atoms with Gasteiger partial charge in [0, 0.05) is 31.7 Å². The number of hydrogen-bond acceptors (Lipinski definition) is 7. The predicted molar refractivity (Wildman–Crippen MR) is 109 cm³/mol. The highest BCUT2D eigenvalue weighted by Gasteiger charge is 2.30. The summed E-state index contributed by atoms with van der Waals surface area (Å²) in [5.74, 6) is -2.00. The van der Waals surface area contributed by atoms with E-state index in [0.29, 0.717) is 29.9 Å². The van der Waals surface area contributed by atoms with Crippen LogP contribution < -0.4 is 10.2 Å². The first-order valence-electron chi connectivity index (χ1n) is 9.69. The molecule has 1 atom stereocenters. The van der Waals surface area contributed by atoms with Crippen LogP contribution in [-0.4, -0.2) is 42.1 Å². The van der Waals surface area contributed by atoms with Crippen molar-refractivity contribution in [2.45, 2.75) is 12.5 Å². The van der Waals surface area contributed by atoms with Crippen LogP contribution >= 0.6 is 0 Å². The Morgan fingerprint density at radius 1 is 1.13 bits per heavy atom. The highest BCUT2D eigenvalue weighted by atomic mass is 19.1. The van der Waals surface area contributed by atoms with Crippen molar-refractivity contribution in [1.29, 1.82) is 5.26 Å². The molecule has 30 heavy (non-hydrogen) atoms. The minimum atomic E-state index is -1.27. The van der Waals surface area contributed by atoms with Crippen LogP contribution in [0, 0.1) is 17.1 Å². The molecule has 4 rings (SSSR count). The second-order valence-electron chi connectivity index (χ2n) is 6.92. The van der Waals surface area contributed by atoms with Crippen LogP contribution in [-0.2, 0) is 16.1 Å². The van der Waals surface area contributed by atoms with Crippen molar-refractivity contribution in [1.82, 2.24) is 15.3 Å². The minimum absolute atomic E-state index is 0.245. The number of para-hydroxylation sites is 2. The summed E-state index contributed by atoms with van der Waals surface area (Å²) in [5, 5.41) is 13.0. The van der Waals surface area contributed by atoms with E-state index in [1.165, 1.54) is 12.1 Å². The maximum Gasteiger partial charge on any atom is 0.330 e. The number of halogens is 1. The molecule has 0 saturated carbocycles. The Morgan fingerprint density at radius 3 is 2.50 bits per heavy atom. The van der Waals surface area contributed by atoms with Crippen molar-refractivity contribution >= 4 is 22.8 Å². The summed E-state index contributed by atoms with van der Waals surface area (Å²) in [6.07, 6.45) is 0. The lowest BCUT2D eigenvalue weighted by Crippen LogP contribution is -2.44. The van der Waals surface area contributed by atoms with Crippen molar-refractivity contribution in [2.24, 2.45) is 0 Å². The van der Waals surface area contributed by atoms with E-state index in [4.69, 9.17) is 9.72 Å². The van der Waals surface area contributed by atoms with Crippen molar-refractivity contribution in [3.8, 4) is 6.07 Å². The van der Waals surface area contributed by atoms with Gasteiger partial charge in [0.25, 0.3) is 0 Å². The standard InChI is InChI=1S/C22H20FN5O2/c23-17-6-2-1-5-15(17)14-30-22(29)16(13-24)20-21(28-11-9-25-10-12-28)27-19-8-4-3-7-18(19)26-20/h1-8,16,25H,9-12,14H2. The van der Waals surface area contributed by atoms with Gasteiger partial charge >= 0.3 is 5.97 Å². The van der Waals surface area contributed by atoms with Gasteiger partial charge in [0.15, 0.2) is 11.7 Å². The molecule has 0 radical (unpaired) electrons. The number of anilines is 1. The topological polar surface area (TPSA) is 91.1 Å². The Hall–Kier alpha value is -3.57. The van der Waals surface area contributed by atoms with Crippen LogP contribution in [0.2, 0.25) is 0 Å². The quantitative estimate of drug-likeness (QED) is 0.652. The van der Waals surface area contributed by atoms with Gasteiger partial charge in [-0.3, -0.25) is 4.79 Å². The second kappa shape index (κ2) is 8.84. The van der Waals surface area contributed by atoms with Crippen molar-refractivity contribution < 1.29 is 13.9 Å². The SMILES string of the molecule is N#CC(C(=O)OCc1ccccc1F)c1nc2ccccc2nc1N1CCNCC1. The zero-order valence-electron chi connectivity index (χ0n) is 16.2. The number of fused-ring (bicyclic) bond motifs is 1. The molecule has 1 saturated heterocycles. The first-order chi connectivity index (χ1) is 14.7. The molecule has 1 unspecified atom stereocenters. The van der Waals surface area contributed by atoms with Gasteiger partial charge in [-0.05, 0) is 18.2 Å². The van der Waals surface area contributed by atoms with Crippen LogP contribution in [0.3, 0.4) is 0 Å². The Kier molecular flexibility index (Phi) is 5.82. The van der Waals surface area contributed by atoms with Crippen LogP contribution in [0.15, 0.2) is 48.5 Å². The number of esters is 1. The molecule has 1 fully saturated rings. The van der Waals surface area contributed by atoms with E-state index in [1.54, 1.807) is 18.2 Å². The molecule has 2 heterocycles. The normalized spacial score (nSPS) is 14.9. The number of ether oxygens (including phenoxy) is 1. The van der Waals surface area contributed by atoms with E-state index in [9.17, 15) is 14.4 Å². The summed E-state index contributed by atoms with van der Waals surface area (Å²) >= 11 is 0. The number of piperazine rings is 1. The smallest absolute Gasteiger partial charge is 0.330 e. The van der Waals surface area contributed by atoms with Crippen LogP contribution in [0.5, 0.6) is 0 Å². The van der Waals surface area contributed by atoms with Crippen molar-refractivity contribution in [3.05, 3.63) is 65.6 Å². The number of nitrogens with zero attached hydrogens (tertiary/aromatic N) is 4. The van der Waals surface area contributed by atoms with Crippen LogP contribution in [0.1, 0.15) is 17.2 Å². The first kappa shape index (κ1) is 19.7. The monoisotopic (exact) mass is 405 g/mol. The third-order valence-corrected chi connectivity index (χ3v) is 4.96. The van der Waals surface area contributed by atoms with E-state index in [1.807, 2.05) is 29.2 Å². The molecule has 1 aliphatic heterocycles. The molecule has 1 N–H and O–H groups in total. The highest BCUT2D eigenvalue weighted by molar-refractivity contribution is 5.85. The van der Waals surface area contributed by atoms with E-state index in [-0.39, 0.29) is 17.9 Å². The molecule has 0 spiro atoms.